The molecular weight excluding hydrogens is 166 g/mol. The highest BCUT2D eigenvalue weighted by Crippen LogP contribution is 2.31. The fraction of sp³-hybridized carbons (Fsp3) is 0.400. The first-order valence-corrected chi connectivity index (χ1v) is 4.35. The second kappa shape index (κ2) is 3.01. The Balaban J connectivity index is 2.33. The van der Waals surface area contributed by atoms with Crippen LogP contribution in [0, 0.1) is 0 Å². The van der Waals surface area contributed by atoms with Gasteiger partial charge >= 0.3 is 0 Å². The van der Waals surface area contributed by atoms with E-state index >= 15 is 0 Å². The van der Waals surface area contributed by atoms with Gasteiger partial charge in [-0.25, -0.2) is 0 Å². The van der Waals surface area contributed by atoms with Crippen LogP contribution in [0.1, 0.15) is 12.5 Å². The Kier molecular flexibility index (Phi) is 1.98. The van der Waals surface area contributed by atoms with Gasteiger partial charge in [0.1, 0.15) is 0 Å². The topological polar surface area (TPSA) is 44.5 Å². The van der Waals surface area contributed by atoms with E-state index in [0.717, 1.165) is 11.3 Å². The van der Waals surface area contributed by atoms with Crippen LogP contribution in [-0.2, 0) is 15.3 Å². The molecule has 1 aromatic rings. The van der Waals surface area contributed by atoms with E-state index in [1.165, 1.54) is 0 Å². The van der Waals surface area contributed by atoms with Crippen molar-refractivity contribution in [3.8, 4) is 0 Å². The van der Waals surface area contributed by atoms with Gasteiger partial charge < -0.3 is 15.2 Å². The second-order valence-corrected chi connectivity index (χ2v) is 3.27. The van der Waals surface area contributed by atoms with Crippen LogP contribution in [0.25, 0.3) is 0 Å². The average molecular weight is 179 g/mol. The summed E-state index contributed by atoms with van der Waals surface area (Å²) >= 11 is 0. The van der Waals surface area contributed by atoms with E-state index in [1.807, 2.05) is 31.2 Å². The Morgan fingerprint density at radius 1 is 1.31 bits per heavy atom. The van der Waals surface area contributed by atoms with Gasteiger partial charge in [0.15, 0.2) is 5.79 Å². The summed E-state index contributed by atoms with van der Waals surface area (Å²) in [4.78, 5) is 0. The van der Waals surface area contributed by atoms with E-state index in [1.54, 1.807) is 0 Å². The molecule has 1 fully saturated rings. The van der Waals surface area contributed by atoms with Crippen LogP contribution >= 0.6 is 0 Å². The maximum atomic E-state index is 5.67. The minimum absolute atomic E-state index is 0.602. The van der Waals surface area contributed by atoms with E-state index in [-0.39, 0.29) is 0 Å². The molecule has 2 N–H and O–H groups in total. The minimum Gasteiger partial charge on any atom is -0.399 e. The number of nitrogen functional groups attached to an aromatic ring is 1. The lowest BCUT2D eigenvalue weighted by Crippen LogP contribution is -2.22. The van der Waals surface area contributed by atoms with Gasteiger partial charge in [-0.2, -0.15) is 0 Å². The molecule has 3 nitrogen and oxygen atoms in total. The Labute approximate surface area is 77.5 Å². The number of nitrogens with two attached hydrogens (primary N) is 1. The second-order valence-electron chi connectivity index (χ2n) is 3.27. The van der Waals surface area contributed by atoms with Crippen LogP contribution < -0.4 is 5.73 Å². The molecule has 2 rings (SSSR count). The molecule has 0 saturated carbocycles. The summed E-state index contributed by atoms with van der Waals surface area (Å²) in [6.45, 7) is 3.20. The van der Waals surface area contributed by atoms with Crippen molar-refractivity contribution in [2.24, 2.45) is 0 Å². The third-order valence-corrected chi connectivity index (χ3v) is 2.25. The number of rotatable bonds is 1. The van der Waals surface area contributed by atoms with Crippen LogP contribution in [-0.4, -0.2) is 13.2 Å². The fourth-order valence-electron chi connectivity index (χ4n) is 1.50. The lowest BCUT2D eigenvalue weighted by Gasteiger charge is -2.22. The van der Waals surface area contributed by atoms with Crippen LogP contribution in [0.2, 0.25) is 0 Å². The third-order valence-electron chi connectivity index (χ3n) is 2.25. The predicted molar refractivity (Wildman–Crippen MR) is 50.1 cm³/mol. The molecule has 1 saturated heterocycles. The molecule has 3 heteroatoms. The van der Waals surface area contributed by atoms with Crippen molar-refractivity contribution in [2.75, 3.05) is 18.9 Å². The van der Waals surface area contributed by atoms with Gasteiger partial charge in [-0.3, -0.25) is 0 Å². The van der Waals surface area contributed by atoms with Gasteiger partial charge in [0.25, 0.3) is 0 Å². The van der Waals surface area contributed by atoms with Crippen molar-refractivity contribution in [1.82, 2.24) is 0 Å². The van der Waals surface area contributed by atoms with Gasteiger partial charge in [-0.1, -0.05) is 12.1 Å². The predicted octanol–water partition coefficient (Wildman–Crippen LogP) is 1.49. The summed E-state index contributed by atoms with van der Waals surface area (Å²) in [6.07, 6.45) is 0. The van der Waals surface area contributed by atoms with Crippen molar-refractivity contribution in [3.05, 3.63) is 29.8 Å². The molecular formula is C10H13NO2. The largest absolute Gasteiger partial charge is 0.399 e. The van der Waals surface area contributed by atoms with Gasteiger partial charge in [-0.15, -0.1) is 0 Å². The maximum Gasteiger partial charge on any atom is 0.192 e. The van der Waals surface area contributed by atoms with E-state index in [0.29, 0.717) is 13.2 Å². The highest BCUT2D eigenvalue weighted by Gasteiger charge is 2.32. The van der Waals surface area contributed by atoms with Gasteiger partial charge in [0.2, 0.25) is 0 Å². The number of ether oxygens (including phenoxy) is 2. The van der Waals surface area contributed by atoms with Crippen LogP contribution in [0.15, 0.2) is 24.3 Å². The fourth-order valence-corrected chi connectivity index (χ4v) is 1.50. The molecule has 0 spiro atoms. The van der Waals surface area contributed by atoms with Crippen LogP contribution in [0.5, 0.6) is 0 Å². The molecule has 0 aromatic heterocycles. The van der Waals surface area contributed by atoms with Gasteiger partial charge in [0, 0.05) is 11.3 Å². The quantitative estimate of drug-likeness (QED) is 0.664. The Bertz CT molecular complexity index is 306. The van der Waals surface area contributed by atoms with Gasteiger partial charge in [0.05, 0.1) is 13.2 Å². The minimum atomic E-state index is -0.602. The average Bonchev–Trinajstić information content (AvgIpc) is 2.54. The Morgan fingerprint density at radius 2 is 2.00 bits per heavy atom. The highest BCUT2D eigenvalue weighted by atomic mass is 16.7. The van der Waals surface area contributed by atoms with Crippen molar-refractivity contribution in [2.45, 2.75) is 12.7 Å². The first-order chi connectivity index (χ1) is 6.21. The van der Waals surface area contributed by atoms with Crippen molar-refractivity contribution < 1.29 is 9.47 Å². The Hall–Kier alpha value is -1.06. The van der Waals surface area contributed by atoms with E-state index in [9.17, 15) is 0 Å². The molecule has 1 aliphatic heterocycles. The summed E-state index contributed by atoms with van der Waals surface area (Å²) in [6, 6.07) is 7.59. The third kappa shape index (κ3) is 1.53. The smallest absolute Gasteiger partial charge is 0.192 e. The van der Waals surface area contributed by atoms with Crippen molar-refractivity contribution >= 4 is 5.69 Å². The van der Waals surface area contributed by atoms with E-state index in [4.69, 9.17) is 15.2 Å². The zero-order valence-electron chi connectivity index (χ0n) is 7.62. The van der Waals surface area contributed by atoms with Crippen molar-refractivity contribution in [3.63, 3.8) is 0 Å². The maximum absolute atomic E-state index is 5.67. The molecule has 70 valence electrons. The molecule has 0 atom stereocenters. The molecule has 0 radical (unpaired) electrons. The number of anilines is 1. The molecule has 0 aliphatic carbocycles. The van der Waals surface area contributed by atoms with Crippen molar-refractivity contribution in [1.29, 1.82) is 0 Å². The number of hydrogen-bond donors (Lipinski definition) is 1. The lowest BCUT2D eigenvalue weighted by atomic mass is 10.1. The van der Waals surface area contributed by atoms with Gasteiger partial charge in [-0.05, 0) is 19.1 Å². The molecule has 1 aromatic carbocycles. The summed E-state index contributed by atoms with van der Waals surface area (Å²) in [5.74, 6) is -0.602. The van der Waals surface area contributed by atoms with Crippen LogP contribution in [0.3, 0.4) is 0 Å². The standard InChI is InChI=1S/C10H13NO2/c1-10(12-5-6-13-10)8-3-2-4-9(11)7-8/h2-4,7H,5-6,11H2,1H3. The van der Waals surface area contributed by atoms with Crippen LogP contribution in [0.4, 0.5) is 5.69 Å². The summed E-state index contributed by atoms with van der Waals surface area (Å²) in [5.41, 5.74) is 7.38. The molecule has 1 aliphatic rings. The first-order valence-electron chi connectivity index (χ1n) is 4.35. The normalized spacial score (nSPS) is 20.4. The zero-order chi connectivity index (χ0) is 9.31. The first kappa shape index (κ1) is 8.53. The summed E-state index contributed by atoms with van der Waals surface area (Å²) in [7, 11) is 0. The molecule has 1 heterocycles. The molecule has 0 amide bonds. The molecule has 0 bridgehead atoms. The monoisotopic (exact) mass is 179 g/mol. The highest BCUT2D eigenvalue weighted by molar-refractivity contribution is 5.42. The zero-order valence-corrected chi connectivity index (χ0v) is 7.62. The SMILES string of the molecule is CC1(c2cccc(N)c2)OCCO1. The molecule has 0 unspecified atom stereocenters. The molecule has 13 heavy (non-hydrogen) atoms. The van der Waals surface area contributed by atoms with E-state index in [2.05, 4.69) is 0 Å². The Morgan fingerprint density at radius 3 is 2.62 bits per heavy atom. The summed E-state index contributed by atoms with van der Waals surface area (Å²) in [5, 5.41) is 0. The lowest BCUT2D eigenvalue weighted by molar-refractivity contribution is -0.149. The number of benzene rings is 1. The number of hydrogen-bond acceptors (Lipinski definition) is 3. The van der Waals surface area contributed by atoms with E-state index < -0.39 is 5.79 Å². The summed E-state index contributed by atoms with van der Waals surface area (Å²) < 4.78 is 11.0.